The molecular formula is C28H33N7O3. The van der Waals surface area contributed by atoms with Crippen LogP contribution in [0.3, 0.4) is 0 Å². The van der Waals surface area contributed by atoms with Gasteiger partial charge >= 0.3 is 5.97 Å². The van der Waals surface area contributed by atoms with E-state index in [4.69, 9.17) is 9.84 Å². The summed E-state index contributed by atoms with van der Waals surface area (Å²) in [7, 11) is 5.95. The molecular weight excluding hydrogens is 482 g/mol. The number of fused-ring (bicyclic) bond motifs is 1. The van der Waals surface area contributed by atoms with Gasteiger partial charge in [0.15, 0.2) is 11.3 Å². The summed E-state index contributed by atoms with van der Waals surface area (Å²) >= 11 is 0. The number of ether oxygens (including phenoxy) is 1. The van der Waals surface area contributed by atoms with E-state index in [1.54, 1.807) is 23.1 Å². The average molecular weight is 516 g/mol. The van der Waals surface area contributed by atoms with Crippen molar-refractivity contribution in [2.45, 2.75) is 38.6 Å². The van der Waals surface area contributed by atoms with Gasteiger partial charge in [0.05, 0.1) is 16.8 Å². The summed E-state index contributed by atoms with van der Waals surface area (Å²) in [5.41, 5.74) is 4.49. The number of nitrogens with zero attached hydrogens (tertiary/aromatic N) is 7. The van der Waals surface area contributed by atoms with E-state index < -0.39 is 5.97 Å². The molecule has 0 atom stereocenters. The molecule has 4 heterocycles. The molecule has 0 saturated carbocycles. The first-order chi connectivity index (χ1) is 18.2. The van der Waals surface area contributed by atoms with Gasteiger partial charge in [0.1, 0.15) is 0 Å². The molecule has 4 aromatic rings. The van der Waals surface area contributed by atoms with E-state index in [0.717, 1.165) is 48.5 Å². The van der Waals surface area contributed by atoms with E-state index in [2.05, 4.69) is 33.7 Å². The Kier molecular flexibility index (Phi) is 6.98. The lowest BCUT2D eigenvalue weighted by atomic mass is 9.99. The maximum absolute atomic E-state index is 12.1. The predicted molar refractivity (Wildman–Crippen MR) is 148 cm³/mol. The summed E-state index contributed by atoms with van der Waals surface area (Å²) in [5.74, 6) is -0.401. The molecule has 1 saturated heterocycles. The Balaban J connectivity index is 1.66. The molecule has 10 nitrogen and oxygen atoms in total. The molecule has 1 N–H and O–H groups in total. The van der Waals surface area contributed by atoms with Crippen molar-refractivity contribution in [1.29, 1.82) is 0 Å². The van der Waals surface area contributed by atoms with Crippen LogP contribution in [0.25, 0.3) is 27.8 Å². The van der Waals surface area contributed by atoms with E-state index in [1.807, 2.05) is 50.3 Å². The molecule has 0 radical (unpaired) electrons. The van der Waals surface area contributed by atoms with Gasteiger partial charge in [-0.1, -0.05) is 19.9 Å². The predicted octanol–water partition coefficient (Wildman–Crippen LogP) is 4.38. The van der Waals surface area contributed by atoms with Gasteiger partial charge in [-0.25, -0.2) is 24.4 Å². The van der Waals surface area contributed by atoms with Gasteiger partial charge in [-0.15, -0.1) is 0 Å². The van der Waals surface area contributed by atoms with Crippen LogP contribution in [0.5, 0.6) is 0 Å². The zero-order valence-corrected chi connectivity index (χ0v) is 22.4. The van der Waals surface area contributed by atoms with Gasteiger partial charge in [0, 0.05) is 69.6 Å². The molecule has 0 aliphatic carbocycles. The van der Waals surface area contributed by atoms with Crippen LogP contribution in [-0.2, 0) is 4.74 Å². The van der Waals surface area contributed by atoms with E-state index in [0.29, 0.717) is 28.8 Å². The van der Waals surface area contributed by atoms with Gasteiger partial charge in [0.2, 0.25) is 5.95 Å². The lowest BCUT2D eigenvalue weighted by Gasteiger charge is -2.31. The number of rotatable bonds is 7. The summed E-state index contributed by atoms with van der Waals surface area (Å²) in [4.78, 5) is 30.1. The Hall–Kier alpha value is -4.05. The van der Waals surface area contributed by atoms with Crippen LogP contribution in [0.4, 0.5) is 11.6 Å². The number of anilines is 2. The van der Waals surface area contributed by atoms with Crippen molar-refractivity contribution in [3.63, 3.8) is 0 Å². The highest BCUT2D eigenvalue weighted by Crippen LogP contribution is 2.36. The molecule has 38 heavy (non-hydrogen) atoms. The number of hydrogen-bond donors (Lipinski definition) is 1. The van der Waals surface area contributed by atoms with Crippen molar-refractivity contribution in [3.05, 3.63) is 54.1 Å². The lowest BCUT2D eigenvalue weighted by Crippen LogP contribution is -2.37. The van der Waals surface area contributed by atoms with Gasteiger partial charge in [0.25, 0.3) is 0 Å². The van der Waals surface area contributed by atoms with Crippen molar-refractivity contribution in [2.24, 2.45) is 0 Å². The molecule has 0 bridgehead atoms. The normalized spacial score (nSPS) is 14.3. The third kappa shape index (κ3) is 4.79. The number of pyridine rings is 1. The number of benzene rings is 1. The number of carboxylic acids is 1. The van der Waals surface area contributed by atoms with Crippen molar-refractivity contribution in [3.8, 4) is 16.8 Å². The monoisotopic (exact) mass is 515 g/mol. The van der Waals surface area contributed by atoms with E-state index in [-0.39, 0.29) is 11.6 Å². The SMILES string of the molecule is CC(C)c1nn(-c2cccc(N(C)C)c2)c2nc(C(=O)O)cc(-c3cnc(N(C)C4CCOCC4)nc3)c12. The number of aromatic nitrogens is 5. The molecule has 0 spiro atoms. The van der Waals surface area contributed by atoms with Gasteiger partial charge < -0.3 is 19.6 Å². The highest BCUT2D eigenvalue weighted by molar-refractivity contribution is 6.00. The minimum absolute atomic E-state index is 0.0591. The zero-order valence-electron chi connectivity index (χ0n) is 22.4. The highest BCUT2D eigenvalue weighted by atomic mass is 16.5. The second-order valence-electron chi connectivity index (χ2n) is 10.2. The lowest BCUT2D eigenvalue weighted by molar-refractivity contribution is 0.0691. The van der Waals surface area contributed by atoms with E-state index >= 15 is 0 Å². The Morgan fingerprint density at radius 1 is 1.11 bits per heavy atom. The summed E-state index contributed by atoms with van der Waals surface area (Å²) in [6, 6.07) is 9.84. The molecule has 3 aromatic heterocycles. The van der Waals surface area contributed by atoms with Crippen molar-refractivity contribution in [2.75, 3.05) is 44.2 Å². The Labute approximate surface area is 221 Å². The first-order valence-electron chi connectivity index (χ1n) is 12.8. The number of hydrogen-bond acceptors (Lipinski definition) is 8. The smallest absolute Gasteiger partial charge is 0.354 e. The van der Waals surface area contributed by atoms with Crippen LogP contribution < -0.4 is 9.80 Å². The van der Waals surface area contributed by atoms with Crippen LogP contribution in [0, 0.1) is 0 Å². The van der Waals surface area contributed by atoms with Crippen molar-refractivity contribution >= 4 is 28.6 Å². The van der Waals surface area contributed by atoms with Gasteiger partial charge in [-0.3, -0.25) is 0 Å². The molecule has 1 aliphatic heterocycles. The van der Waals surface area contributed by atoms with Crippen LogP contribution in [0.1, 0.15) is 48.8 Å². The Morgan fingerprint density at radius 3 is 2.45 bits per heavy atom. The van der Waals surface area contributed by atoms with Crippen LogP contribution in [0.2, 0.25) is 0 Å². The van der Waals surface area contributed by atoms with Crippen LogP contribution in [-0.4, -0.2) is 76.2 Å². The fraction of sp³-hybridized carbons (Fsp3) is 0.393. The Morgan fingerprint density at radius 2 is 1.82 bits per heavy atom. The first-order valence-corrected chi connectivity index (χ1v) is 12.8. The molecule has 1 aromatic carbocycles. The largest absolute Gasteiger partial charge is 0.477 e. The second kappa shape index (κ2) is 10.4. The quantitative estimate of drug-likeness (QED) is 0.383. The van der Waals surface area contributed by atoms with Crippen molar-refractivity contribution < 1.29 is 14.6 Å². The molecule has 10 heteroatoms. The van der Waals surface area contributed by atoms with Crippen LogP contribution >= 0.6 is 0 Å². The number of aromatic carboxylic acids is 1. The minimum atomic E-state index is -1.11. The molecule has 5 rings (SSSR count). The summed E-state index contributed by atoms with van der Waals surface area (Å²) in [6.07, 6.45) is 5.38. The summed E-state index contributed by atoms with van der Waals surface area (Å²) in [6.45, 7) is 5.61. The topological polar surface area (TPSA) is 110 Å². The van der Waals surface area contributed by atoms with Gasteiger partial charge in [-0.05, 0) is 43.0 Å². The van der Waals surface area contributed by atoms with E-state index in [1.165, 1.54) is 0 Å². The average Bonchev–Trinajstić information content (AvgIpc) is 3.33. The first kappa shape index (κ1) is 25.6. The Bertz CT molecular complexity index is 1460. The van der Waals surface area contributed by atoms with Crippen LogP contribution in [0.15, 0.2) is 42.7 Å². The second-order valence-corrected chi connectivity index (χ2v) is 10.2. The highest BCUT2D eigenvalue weighted by Gasteiger charge is 2.24. The third-order valence-electron chi connectivity index (χ3n) is 7.02. The maximum Gasteiger partial charge on any atom is 0.354 e. The maximum atomic E-state index is 12.1. The molecule has 0 unspecified atom stereocenters. The van der Waals surface area contributed by atoms with Crippen molar-refractivity contribution in [1.82, 2.24) is 24.7 Å². The number of carbonyl (C=O) groups is 1. The molecule has 1 aliphatic rings. The zero-order chi connectivity index (χ0) is 27.0. The fourth-order valence-electron chi connectivity index (χ4n) is 4.85. The number of carboxylic acid groups (broad SMARTS) is 1. The molecule has 198 valence electrons. The third-order valence-corrected chi connectivity index (χ3v) is 7.02. The summed E-state index contributed by atoms with van der Waals surface area (Å²) < 4.78 is 7.22. The van der Waals surface area contributed by atoms with E-state index in [9.17, 15) is 9.90 Å². The fourth-order valence-corrected chi connectivity index (χ4v) is 4.85. The summed E-state index contributed by atoms with van der Waals surface area (Å²) in [5, 5.41) is 15.7. The minimum Gasteiger partial charge on any atom is -0.477 e. The standard InChI is InChI=1S/C28H33N7O3/c1-17(2)25-24-22(18-15-29-28(30-16-18)34(5)19-9-11-38-12-10-19)14-23(27(36)37)31-26(24)35(32-25)21-8-6-7-20(13-21)33(3)4/h6-8,13-17,19H,9-12H2,1-5H3,(H,36,37). The molecule has 0 amide bonds. The van der Waals surface area contributed by atoms with Gasteiger partial charge in [-0.2, -0.15) is 5.10 Å². The molecule has 1 fully saturated rings.